The molecule has 8 heteroatoms. The molecule has 1 saturated heterocycles. The van der Waals surface area contributed by atoms with Gasteiger partial charge in [-0.15, -0.1) is 0 Å². The number of furan rings is 1. The summed E-state index contributed by atoms with van der Waals surface area (Å²) in [4.78, 5) is 28.2. The van der Waals surface area contributed by atoms with E-state index in [0.717, 1.165) is 13.1 Å². The lowest BCUT2D eigenvalue weighted by atomic mass is 9.94. The van der Waals surface area contributed by atoms with Gasteiger partial charge < -0.3 is 24.1 Å². The lowest BCUT2D eigenvalue weighted by molar-refractivity contribution is -0.907. The molecule has 1 fully saturated rings. The number of amides is 1. The van der Waals surface area contributed by atoms with Crippen molar-refractivity contribution in [3.8, 4) is 0 Å². The predicted octanol–water partition coefficient (Wildman–Crippen LogP) is -0.286. The van der Waals surface area contributed by atoms with Gasteiger partial charge in [-0.2, -0.15) is 0 Å². The fourth-order valence-electron chi connectivity index (χ4n) is 3.85. The van der Waals surface area contributed by atoms with Gasteiger partial charge in [0, 0.05) is 11.1 Å². The molecule has 0 bridgehead atoms. The standard InChI is InChI=1S/C21H21FN2O5/c22-15-5-2-1-4-14(15)18-17(19(25)16-6-3-11-29-16)20(26)21(27)24(18)8-7-23-9-12-28-13-10-23/h1-6,11,18,26H,7-10,12-13H2. The van der Waals surface area contributed by atoms with E-state index >= 15 is 0 Å². The molecule has 1 aromatic heterocycles. The maximum Gasteiger partial charge on any atom is 0.240 e. The Morgan fingerprint density at radius 2 is 1.97 bits per heavy atom. The van der Waals surface area contributed by atoms with E-state index < -0.39 is 29.3 Å². The van der Waals surface area contributed by atoms with Crippen LogP contribution in [0.2, 0.25) is 0 Å². The highest BCUT2D eigenvalue weighted by Crippen LogP contribution is 2.38. The minimum absolute atomic E-state index is 0.0526. The number of halogens is 1. The van der Waals surface area contributed by atoms with E-state index in [1.807, 2.05) is 0 Å². The minimum Gasteiger partial charge on any atom is -0.868 e. The van der Waals surface area contributed by atoms with Gasteiger partial charge in [0.25, 0.3) is 0 Å². The summed E-state index contributed by atoms with van der Waals surface area (Å²) < 4.78 is 25.1. The number of benzene rings is 1. The van der Waals surface area contributed by atoms with Crippen LogP contribution in [0.3, 0.4) is 0 Å². The second-order valence-corrected chi connectivity index (χ2v) is 7.08. The normalized spacial score (nSPS) is 20.5. The molecule has 1 atom stereocenters. The van der Waals surface area contributed by atoms with Gasteiger partial charge in [0.15, 0.2) is 5.76 Å². The summed E-state index contributed by atoms with van der Waals surface area (Å²) in [6.07, 6.45) is 1.31. The summed E-state index contributed by atoms with van der Waals surface area (Å²) >= 11 is 0. The van der Waals surface area contributed by atoms with Crippen LogP contribution in [0.5, 0.6) is 0 Å². The fourth-order valence-corrected chi connectivity index (χ4v) is 3.85. The van der Waals surface area contributed by atoms with Crippen molar-refractivity contribution in [2.45, 2.75) is 6.04 Å². The Balaban J connectivity index is 1.68. The number of carbonyl (C=O) groups excluding carboxylic acids is 2. The van der Waals surface area contributed by atoms with E-state index in [-0.39, 0.29) is 23.4 Å². The second-order valence-electron chi connectivity index (χ2n) is 7.08. The summed E-state index contributed by atoms with van der Waals surface area (Å²) in [6.45, 7) is 3.66. The molecule has 0 radical (unpaired) electrons. The third-order valence-corrected chi connectivity index (χ3v) is 5.38. The molecule has 152 valence electrons. The van der Waals surface area contributed by atoms with Crippen LogP contribution in [0, 0.1) is 5.82 Å². The molecule has 1 N–H and O–H groups in total. The van der Waals surface area contributed by atoms with Gasteiger partial charge >= 0.3 is 0 Å². The zero-order chi connectivity index (χ0) is 20.4. The summed E-state index contributed by atoms with van der Waals surface area (Å²) in [5.74, 6) is -3.02. The van der Waals surface area contributed by atoms with E-state index in [4.69, 9.17) is 9.15 Å². The molecule has 1 amide bonds. The lowest BCUT2D eigenvalue weighted by Crippen LogP contribution is -3.14. The van der Waals surface area contributed by atoms with Gasteiger partial charge in [0.05, 0.1) is 38.6 Å². The van der Waals surface area contributed by atoms with Gasteiger partial charge in [-0.1, -0.05) is 18.2 Å². The summed E-state index contributed by atoms with van der Waals surface area (Å²) in [5, 5.41) is 12.8. The van der Waals surface area contributed by atoms with Crippen molar-refractivity contribution in [2.24, 2.45) is 0 Å². The SMILES string of the molecule is O=C(C1=C([O-])C(=O)N(CC[NH+]2CCOCC2)C1c1ccccc1F)c1ccco1. The van der Waals surface area contributed by atoms with E-state index in [1.54, 1.807) is 6.07 Å². The second kappa shape index (κ2) is 8.18. The number of nitrogens with one attached hydrogen (secondary N) is 1. The molecule has 0 saturated carbocycles. The highest BCUT2D eigenvalue weighted by molar-refractivity contribution is 6.14. The Bertz CT molecular complexity index is 934. The first-order valence-electron chi connectivity index (χ1n) is 9.54. The highest BCUT2D eigenvalue weighted by Gasteiger charge is 2.41. The molecule has 0 aliphatic carbocycles. The Hall–Kier alpha value is -2.97. The smallest absolute Gasteiger partial charge is 0.240 e. The topological polar surface area (TPSA) is 87.2 Å². The Morgan fingerprint density at radius 3 is 2.66 bits per heavy atom. The fraction of sp³-hybridized carbons (Fsp3) is 0.333. The van der Waals surface area contributed by atoms with Crippen LogP contribution in [0.25, 0.3) is 0 Å². The molecule has 1 aromatic carbocycles. The van der Waals surface area contributed by atoms with Crippen molar-refractivity contribution >= 4 is 11.7 Å². The van der Waals surface area contributed by atoms with E-state index in [0.29, 0.717) is 19.8 Å². The number of hydrogen-bond donors (Lipinski definition) is 1. The molecule has 2 aliphatic rings. The van der Waals surface area contributed by atoms with Crippen LogP contribution < -0.4 is 10.0 Å². The quantitative estimate of drug-likeness (QED) is 0.674. The van der Waals surface area contributed by atoms with Crippen molar-refractivity contribution in [1.82, 2.24) is 4.90 Å². The number of morpholine rings is 1. The summed E-state index contributed by atoms with van der Waals surface area (Å²) in [6, 6.07) is 7.76. The molecular formula is C21H21FN2O5. The maximum absolute atomic E-state index is 14.6. The van der Waals surface area contributed by atoms with Gasteiger partial charge in [0.2, 0.25) is 11.7 Å². The van der Waals surface area contributed by atoms with Crippen molar-refractivity contribution in [3.05, 3.63) is 71.1 Å². The molecule has 3 heterocycles. The summed E-state index contributed by atoms with van der Waals surface area (Å²) in [7, 11) is 0. The number of rotatable bonds is 6. The van der Waals surface area contributed by atoms with Crippen molar-refractivity contribution in [2.75, 3.05) is 39.4 Å². The molecule has 2 aromatic rings. The number of nitrogens with zero attached hydrogens (tertiary/aromatic N) is 1. The van der Waals surface area contributed by atoms with Crippen LogP contribution in [-0.2, 0) is 9.53 Å². The van der Waals surface area contributed by atoms with Crippen LogP contribution >= 0.6 is 0 Å². The van der Waals surface area contributed by atoms with Crippen molar-refractivity contribution < 1.29 is 33.1 Å². The minimum atomic E-state index is -1.07. The number of quaternary nitrogens is 1. The highest BCUT2D eigenvalue weighted by atomic mass is 19.1. The maximum atomic E-state index is 14.6. The van der Waals surface area contributed by atoms with E-state index in [1.165, 1.54) is 46.4 Å². The lowest BCUT2D eigenvalue weighted by Gasteiger charge is -2.30. The van der Waals surface area contributed by atoms with Gasteiger partial charge in [-0.05, 0) is 24.0 Å². The van der Waals surface area contributed by atoms with E-state index in [9.17, 15) is 19.1 Å². The first-order chi connectivity index (χ1) is 14.1. The largest absolute Gasteiger partial charge is 0.868 e. The third kappa shape index (κ3) is 3.68. The van der Waals surface area contributed by atoms with E-state index in [2.05, 4.69) is 0 Å². The molecule has 1 unspecified atom stereocenters. The Labute approximate surface area is 167 Å². The Kier molecular flexibility index (Phi) is 5.46. The van der Waals surface area contributed by atoms with Crippen LogP contribution in [-0.4, -0.2) is 56.0 Å². The monoisotopic (exact) mass is 400 g/mol. The van der Waals surface area contributed by atoms with Crippen molar-refractivity contribution in [3.63, 3.8) is 0 Å². The third-order valence-electron chi connectivity index (χ3n) is 5.38. The van der Waals surface area contributed by atoms with Crippen LogP contribution in [0.4, 0.5) is 4.39 Å². The first-order valence-corrected chi connectivity index (χ1v) is 9.54. The molecule has 7 nitrogen and oxygen atoms in total. The summed E-state index contributed by atoms with van der Waals surface area (Å²) in [5.41, 5.74) is -0.148. The zero-order valence-corrected chi connectivity index (χ0v) is 15.7. The number of carbonyl (C=O) groups is 2. The molecular weight excluding hydrogens is 379 g/mol. The predicted molar refractivity (Wildman–Crippen MR) is 97.3 cm³/mol. The Morgan fingerprint density at radius 1 is 1.21 bits per heavy atom. The first kappa shape index (κ1) is 19.4. The molecule has 0 spiro atoms. The average molecular weight is 400 g/mol. The average Bonchev–Trinajstić information content (AvgIpc) is 3.35. The molecule has 2 aliphatic heterocycles. The number of ketones is 1. The number of ether oxygens (including phenoxy) is 1. The molecule has 29 heavy (non-hydrogen) atoms. The van der Waals surface area contributed by atoms with Crippen LogP contribution in [0.15, 0.2) is 58.4 Å². The van der Waals surface area contributed by atoms with Gasteiger partial charge in [-0.3, -0.25) is 9.59 Å². The molecule has 4 rings (SSSR count). The number of Topliss-reactive ketones (excluding diaryl/α,β-unsaturated/α-hetero) is 1. The number of hydrogen-bond acceptors (Lipinski definition) is 5. The van der Waals surface area contributed by atoms with Gasteiger partial charge in [0.1, 0.15) is 18.9 Å². The zero-order valence-electron chi connectivity index (χ0n) is 15.7. The van der Waals surface area contributed by atoms with Crippen molar-refractivity contribution in [1.29, 1.82) is 0 Å². The van der Waals surface area contributed by atoms with Gasteiger partial charge in [-0.25, -0.2) is 4.39 Å². The van der Waals surface area contributed by atoms with Crippen LogP contribution in [0.1, 0.15) is 22.2 Å².